The summed E-state index contributed by atoms with van der Waals surface area (Å²) < 4.78 is 16.4. The first-order chi connectivity index (χ1) is 13.2. The van der Waals surface area contributed by atoms with Gasteiger partial charge in [0, 0.05) is 25.0 Å². The Morgan fingerprint density at radius 1 is 1.11 bits per heavy atom. The maximum atomic E-state index is 11.3. The van der Waals surface area contributed by atoms with Crippen molar-refractivity contribution in [2.24, 2.45) is 0 Å². The highest BCUT2D eigenvalue weighted by Crippen LogP contribution is 2.17. The van der Waals surface area contributed by atoms with Crippen LogP contribution in [0.25, 0.3) is 0 Å². The van der Waals surface area contributed by atoms with Gasteiger partial charge in [-0.2, -0.15) is 0 Å². The van der Waals surface area contributed by atoms with E-state index >= 15 is 0 Å². The molecule has 0 saturated heterocycles. The van der Waals surface area contributed by atoms with Crippen LogP contribution >= 0.6 is 11.3 Å². The molecule has 2 rings (SSSR count). The second-order valence-electron chi connectivity index (χ2n) is 5.69. The first kappa shape index (κ1) is 21.0. The Labute approximate surface area is 163 Å². The van der Waals surface area contributed by atoms with Crippen LogP contribution in [0.1, 0.15) is 6.92 Å². The van der Waals surface area contributed by atoms with Gasteiger partial charge in [-0.1, -0.05) is 0 Å². The zero-order chi connectivity index (χ0) is 19.3. The first-order valence-corrected chi connectivity index (χ1v) is 9.77. The molecule has 0 aliphatic rings. The fourth-order valence-electron chi connectivity index (χ4n) is 2.12. The van der Waals surface area contributed by atoms with Crippen LogP contribution in [0.2, 0.25) is 0 Å². The van der Waals surface area contributed by atoms with Crippen molar-refractivity contribution in [3.8, 4) is 17.2 Å². The molecule has 148 valence electrons. The number of nitrogens with one attached hydrogen (secondary N) is 2. The average molecular weight is 394 g/mol. The van der Waals surface area contributed by atoms with Crippen molar-refractivity contribution in [2.45, 2.75) is 13.0 Å². The Bertz CT molecular complexity index is 649. The van der Waals surface area contributed by atoms with Crippen molar-refractivity contribution in [3.63, 3.8) is 0 Å². The average Bonchev–Trinajstić information content (AvgIpc) is 3.19. The lowest BCUT2D eigenvalue weighted by Crippen LogP contribution is -2.33. The van der Waals surface area contributed by atoms with Crippen LogP contribution in [0.5, 0.6) is 17.2 Å². The Kier molecular flexibility index (Phi) is 9.47. The largest absolute Gasteiger partial charge is 0.492 e. The molecule has 7 nitrogen and oxygen atoms in total. The molecular weight excluding hydrogens is 368 g/mol. The number of likely N-dealkylation sites (N-methyl/N-ethyl adjacent to an activating group) is 1. The minimum atomic E-state index is -0.578. The van der Waals surface area contributed by atoms with E-state index in [1.54, 1.807) is 35.6 Å². The van der Waals surface area contributed by atoms with Crippen LogP contribution in [0.3, 0.4) is 0 Å². The quantitative estimate of drug-likeness (QED) is 0.448. The lowest BCUT2D eigenvalue weighted by Gasteiger charge is -2.13. The van der Waals surface area contributed by atoms with Gasteiger partial charge in [-0.15, -0.1) is 11.3 Å². The Hall–Kier alpha value is -2.29. The maximum Gasteiger partial charge on any atom is 0.257 e. The van der Waals surface area contributed by atoms with E-state index in [4.69, 9.17) is 14.2 Å². The summed E-state index contributed by atoms with van der Waals surface area (Å²) in [5.41, 5.74) is 0. The van der Waals surface area contributed by atoms with Crippen LogP contribution in [-0.2, 0) is 4.79 Å². The van der Waals surface area contributed by atoms with E-state index in [0.29, 0.717) is 37.7 Å². The lowest BCUT2D eigenvalue weighted by molar-refractivity contribution is -0.122. The summed E-state index contributed by atoms with van der Waals surface area (Å²) in [5.74, 6) is 1.96. The van der Waals surface area contributed by atoms with Crippen LogP contribution < -0.4 is 24.8 Å². The number of carbonyl (C=O) groups excluding carboxylic acids is 1. The molecule has 0 radical (unpaired) electrons. The van der Waals surface area contributed by atoms with Crippen LogP contribution in [0, 0.1) is 0 Å². The Balaban J connectivity index is 1.54. The highest BCUT2D eigenvalue weighted by molar-refractivity contribution is 7.08. The molecule has 3 N–H and O–H groups in total. The first-order valence-electron chi connectivity index (χ1n) is 8.83. The van der Waals surface area contributed by atoms with Gasteiger partial charge in [-0.25, -0.2) is 0 Å². The summed E-state index contributed by atoms with van der Waals surface area (Å²) in [5, 5.41) is 19.5. The van der Waals surface area contributed by atoms with E-state index in [1.165, 1.54) is 0 Å². The molecule has 27 heavy (non-hydrogen) atoms. The van der Waals surface area contributed by atoms with Gasteiger partial charge in [0.15, 0.2) is 6.61 Å². The van der Waals surface area contributed by atoms with Crippen LogP contribution in [0.15, 0.2) is 41.1 Å². The van der Waals surface area contributed by atoms with Crippen molar-refractivity contribution in [2.75, 3.05) is 39.5 Å². The predicted octanol–water partition coefficient (Wildman–Crippen LogP) is 1.67. The fourth-order valence-corrected chi connectivity index (χ4v) is 2.70. The van der Waals surface area contributed by atoms with E-state index in [9.17, 15) is 9.90 Å². The Morgan fingerprint density at radius 2 is 1.85 bits per heavy atom. The molecule has 1 aromatic heterocycles. The van der Waals surface area contributed by atoms with Crippen LogP contribution in [0.4, 0.5) is 0 Å². The predicted molar refractivity (Wildman–Crippen MR) is 105 cm³/mol. The highest BCUT2D eigenvalue weighted by Gasteiger charge is 2.05. The van der Waals surface area contributed by atoms with E-state index in [1.807, 2.05) is 23.8 Å². The zero-order valence-electron chi connectivity index (χ0n) is 15.3. The second kappa shape index (κ2) is 12.2. The molecule has 0 fully saturated rings. The van der Waals surface area contributed by atoms with E-state index in [-0.39, 0.29) is 19.1 Å². The van der Waals surface area contributed by atoms with Crippen molar-refractivity contribution in [1.29, 1.82) is 0 Å². The number of ether oxygens (including phenoxy) is 3. The highest BCUT2D eigenvalue weighted by atomic mass is 32.1. The van der Waals surface area contributed by atoms with Gasteiger partial charge in [0.25, 0.3) is 5.91 Å². The number of amides is 1. The molecule has 0 bridgehead atoms. The summed E-state index contributed by atoms with van der Waals surface area (Å²) in [6, 6.07) is 8.96. The molecular formula is C19H26N2O5S. The SMILES string of the molecule is CCNC(=O)COc1ccc(OCCNCC(O)COc2ccsc2)cc1. The van der Waals surface area contributed by atoms with Crippen molar-refractivity contribution in [3.05, 3.63) is 41.1 Å². The third-order valence-electron chi connectivity index (χ3n) is 3.43. The molecule has 1 atom stereocenters. The number of rotatable bonds is 13. The second-order valence-corrected chi connectivity index (χ2v) is 6.47. The molecule has 0 aliphatic carbocycles. The summed E-state index contributed by atoms with van der Waals surface area (Å²) >= 11 is 1.56. The number of carbonyl (C=O) groups is 1. The van der Waals surface area contributed by atoms with Crippen molar-refractivity contribution in [1.82, 2.24) is 10.6 Å². The topological polar surface area (TPSA) is 89.1 Å². The third-order valence-corrected chi connectivity index (χ3v) is 4.09. The zero-order valence-corrected chi connectivity index (χ0v) is 16.2. The van der Waals surface area contributed by atoms with Gasteiger partial charge in [0.2, 0.25) is 0 Å². The minimum absolute atomic E-state index is 0.00356. The maximum absolute atomic E-state index is 11.3. The molecule has 1 aromatic carbocycles. The summed E-state index contributed by atoms with van der Waals surface area (Å²) in [6.45, 7) is 4.20. The summed E-state index contributed by atoms with van der Waals surface area (Å²) in [4.78, 5) is 11.3. The summed E-state index contributed by atoms with van der Waals surface area (Å²) in [6.07, 6.45) is -0.578. The number of aliphatic hydroxyl groups is 1. The number of thiophene rings is 1. The van der Waals surface area contributed by atoms with Gasteiger partial charge in [-0.3, -0.25) is 4.79 Å². The third kappa shape index (κ3) is 8.76. The molecule has 0 aliphatic heterocycles. The normalized spacial score (nSPS) is 11.6. The smallest absolute Gasteiger partial charge is 0.257 e. The molecule has 0 saturated carbocycles. The van der Waals surface area contributed by atoms with Gasteiger partial charge >= 0.3 is 0 Å². The standard InChI is InChI=1S/C19H26N2O5S/c1-2-21-19(23)13-26-17-5-3-16(4-6-17)24-9-8-20-11-15(22)12-25-18-7-10-27-14-18/h3-7,10,14-15,20,22H,2,8-9,11-13H2,1H3,(H,21,23). The molecule has 2 aromatic rings. The van der Waals surface area contributed by atoms with Gasteiger partial charge in [-0.05, 0) is 42.6 Å². The van der Waals surface area contributed by atoms with Crippen molar-refractivity contribution >= 4 is 17.2 Å². The molecule has 0 spiro atoms. The van der Waals surface area contributed by atoms with E-state index < -0.39 is 6.10 Å². The summed E-state index contributed by atoms with van der Waals surface area (Å²) in [7, 11) is 0. The fraction of sp³-hybridized carbons (Fsp3) is 0.421. The minimum Gasteiger partial charge on any atom is -0.492 e. The molecule has 1 unspecified atom stereocenters. The van der Waals surface area contributed by atoms with Gasteiger partial charge in [0.05, 0.1) is 0 Å². The van der Waals surface area contributed by atoms with E-state index in [2.05, 4.69) is 10.6 Å². The lowest BCUT2D eigenvalue weighted by atomic mass is 10.3. The van der Waals surface area contributed by atoms with E-state index in [0.717, 1.165) is 5.75 Å². The number of hydrogen-bond donors (Lipinski definition) is 3. The Morgan fingerprint density at radius 3 is 2.52 bits per heavy atom. The number of benzene rings is 1. The molecule has 1 heterocycles. The van der Waals surface area contributed by atoms with Gasteiger partial charge < -0.3 is 30.0 Å². The van der Waals surface area contributed by atoms with Gasteiger partial charge in [0.1, 0.15) is 36.6 Å². The number of aliphatic hydroxyl groups excluding tert-OH is 1. The van der Waals surface area contributed by atoms with Crippen LogP contribution in [-0.4, -0.2) is 56.6 Å². The van der Waals surface area contributed by atoms with Crippen molar-refractivity contribution < 1.29 is 24.1 Å². The monoisotopic (exact) mass is 394 g/mol. The molecule has 1 amide bonds. The number of hydrogen-bond acceptors (Lipinski definition) is 7. The molecule has 8 heteroatoms.